The van der Waals surface area contributed by atoms with Crippen LogP contribution in [0.5, 0.6) is 6.01 Å². The predicted molar refractivity (Wildman–Crippen MR) is 127 cm³/mol. The Bertz CT molecular complexity index is 1130. The third-order valence-electron chi connectivity index (χ3n) is 7.08. The maximum atomic E-state index is 15.2. The summed E-state index contributed by atoms with van der Waals surface area (Å²) in [6.45, 7) is 4.60. The Kier molecular flexibility index (Phi) is 6.04. The van der Waals surface area contributed by atoms with Crippen LogP contribution in [0.4, 0.5) is 14.6 Å². The van der Waals surface area contributed by atoms with E-state index in [0.29, 0.717) is 56.6 Å². The van der Waals surface area contributed by atoms with Gasteiger partial charge in [-0.3, -0.25) is 4.90 Å². The van der Waals surface area contributed by atoms with Gasteiger partial charge >= 0.3 is 6.01 Å². The summed E-state index contributed by atoms with van der Waals surface area (Å²) >= 11 is 9.45. The van der Waals surface area contributed by atoms with E-state index in [4.69, 9.17) is 16.3 Å². The molecule has 0 radical (unpaired) electrons. The van der Waals surface area contributed by atoms with Crippen LogP contribution >= 0.6 is 27.5 Å². The van der Waals surface area contributed by atoms with Crippen molar-refractivity contribution in [3.8, 4) is 6.01 Å². The van der Waals surface area contributed by atoms with E-state index in [9.17, 15) is 9.50 Å². The van der Waals surface area contributed by atoms with Crippen LogP contribution in [-0.4, -0.2) is 63.9 Å². The van der Waals surface area contributed by atoms with Crippen molar-refractivity contribution >= 4 is 44.3 Å². The second-order valence-corrected chi connectivity index (χ2v) is 10.9. The van der Waals surface area contributed by atoms with E-state index in [1.807, 2.05) is 4.90 Å². The zero-order valence-electron chi connectivity index (χ0n) is 18.4. The molecule has 178 valence electrons. The molecule has 2 aromatic rings. The number of aliphatic hydroxyl groups is 1. The molecular weight excluding hydrogens is 518 g/mol. The fourth-order valence-corrected chi connectivity index (χ4v) is 5.99. The van der Waals surface area contributed by atoms with Crippen LogP contribution in [0, 0.1) is 5.82 Å². The summed E-state index contributed by atoms with van der Waals surface area (Å²) in [7, 11) is 0. The Hall–Kier alpha value is -1.55. The lowest BCUT2D eigenvalue weighted by atomic mass is 9.94. The van der Waals surface area contributed by atoms with Gasteiger partial charge in [0.05, 0.1) is 27.0 Å². The molecule has 1 N–H and O–H groups in total. The normalized spacial score (nSPS) is 29.3. The van der Waals surface area contributed by atoms with E-state index >= 15 is 4.39 Å². The molecule has 0 bridgehead atoms. The highest BCUT2D eigenvalue weighted by molar-refractivity contribution is 9.10. The lowest BCUT2D eigenvalue weighted by molar-refractivity contribution is 0.0447. The van der Waals surface area contributed by atoms with Crippen molar-refractivity contribution in [1.82, 2.24) is 14.9 Å². The maximum absolute atomic E-state index is 15.2. The molecule has 3 saturated heterocycles. The fraction of sp³-hybridized carbons (Fsp3) is 0.565. The number of benzene rings is 1. The third-order valence-corrected chi connectivity index (χ3v) is 8.38. The smallest absolute Gasteiger partial charge is 0.319 e. The highest BCUT2D eigenvalue weighted by Crippen LogP contribution is 2.42. The van der Waals surface area contributed by atoms with Crippen LogP contribution < -0.4 is 9.64 Å². The number of hydrogen-bond donors (Lipinski definition) is 1. The summed E-state index contributed by atoms with van der Waals surface area (Å²) in [4.78, 5) is 13.2. The molecular formula is C23H26BrClF2N4O2. The van der Waals surface area contributed by atoms with E-state index in [1.54, 1.807) is 13.0 Å². The van der Waals surface area contributed by atoms with Crippen LogP contribution in [0.1, 0.15) is 39.0 Å². The number of aromatic nitrogens is 2. The number of hydrogen-bond acceptors (Lipinski definition) is 6. The summed E-state index contributed by atoms with van der Waals surface area (Å²) in [5.41, 5.74) is -0.299. The molecule has 1 aromatic carbocycles. The molecule has 10 heteroatoms. The Morgan fingerprint density at radius 1 is 1.30 bits per heavy atom. The van der Waals surface area contributed by atoms with Gasteiger partial charge in [0.15, 0.2) is 5.82 Å². The molecule has 6 nitrogen and oxygen atoms in total. The van der Waals surface area contributed by atoms with Gasteiger partial charge in [0, 0.05) is 25.0 Å². The minimum Gasteiger partial charge on any atom is -0.461 e. The maximum Gasteiger partial charge on any atom is 0.319 e. The van der Waals surface area contributed by atoms with Crippen LogP contribution in [0.15, 0.2) is 22.4 Å². The van der Waals surface area contributed by atoms with E-state index in [-0.39, 0.29) is 26.6 Å². The molecule has 3 fully saturated rings. The summed E-state index contributed by atoms with van der Waals surface area (Å²) in [5.74, 6) is -0.0984. The van der Waals surface area contributed by atoms with Crippen molar-refractivity contribution in [2.45, 2.75) is 50.2 Å². The van der Waals surface area contributed by atoms with Gasteiger partial charge in [-0.15, -0.1) is 0 Å². The van der Waals surface area contributed by atoms with Crippen LogP contribution in [-0.2, 0) is 0 Å². The van der Waals surface area contributed by atoms with Crippen molar-refractivity contribution in [3.63, 3.8) is 0 Å². The second kappa shape index (κ2) is 8.59. The summed E-state index contributed by atoms with van der Waals surface area (Å²) in [6, 6.07) is 1.70. The van der Waals surface area contributed by atoms with Crippen molar-refractivity contribution in [2.75, 3.05) is 37.7 Å². The molecule has 33 heavy (non-hydrogen) atoms. The van der Waals surface area contributed by atoms with Crippen LogP contribution in [0.25, 0.3) is 10.9 Å². The minimum absolute atomic E-state index is 0.0646. The van der Waals surface area contributed by atoms with Gasteiger partial charge in [0.2, 0.25) is 0 Å². The van der Waals surface area contributed by atoms with Crippen molar-refractivity contribution in [1.29, 1.82) is 0 Å². The van der Waals surface area contributed by atoms with Crippen molar-refractivity contribution in [3.05, 3.63) is 33.3 Å². The molecule has 0 saturated carbocycles. The summed E-state index contributed by atoms with van der Waals surface area (Å²) < 4.78 is 34.6. The topological polar surface area (TPSA) is 61.7 Å². The molecule has 0 amide bonds. The highest BCUT2D eigenvalue weighted by atomic mass is 79.9. The van der Waals surface area contributed by atoms with Gasteiger partial charge in [0.1, 0.15) is 17.9 Å². The molecule has 3 aliphatic heterocycles. The SMILES string of the molecule is C[C@@]1(O)CCCN(c2nc(OCC34CCCN3C/C(=C\F)C4)nc3c(F)c(Br)c(Cl)cc23)C1. The average molecular weight is 544 g/mol. The van der Waals surface area contributed by atoms with Gasteiger partial charge in [-0.2, -0.15) is 9.97 Å². The number of rotatable bonds is 4. The largest absolute Gasteiger partial charge is 0.461 e. The molecule has 3 aliphatic rings. The standard InChI is InChI=1S/C23H26BrClF2N4O2/c1-22(32)4-2-6-30(12-22)20-15-8-16(25)17(24)18(27)19(15)28-21(29-20)33-13-23-5-3-7-31(23)11-14(9-23)10-26/h8,10,32H,2-7,9,11-13H2,1H3/b14-10-/t22-,23?/m1/s1. The molecule has 1 unspecified atom stereocenters. The zero-order chi connectivity index (χ0) is 23.4. The first-order chi connectivity index (χ1) is 15.7. The van der Waals surface area contributed by atoms with E-state index < -0.39 is 11.4 Å². The van der Waals surface area contributed by atoms with Crippen molar-refractivity contribution in [2.24, 2.45) is 0 Å². The Labute approximate surface area is 204 Å². The quantitative estimate of drug-likeness (QED) is 0.548. The monoisotopic (exact) mass is 542 g/mol. The number of β-amino-alcohol motifs (C(OH)–C–C–N with tert-alkyl or cyclic N) is 1. The third kappa shape index (κ3) is 4.22. The Morgan fingerprint density at radius 3 is 2.85 bits per heavy atom. The molecule has 5 rings (SSSR count). The Morgan fingerprint density at radius 2 is 2.09 bits per heavy atom. The molecule has 0 spiro atoms. The summed E-state index contributed by atoms with van der Waals surface area (Å²) in [6.07, 6.45) is 4.68. The van der Waals surface area contributed by atoms with E-state index in [0.717, 1.165) is 31.4 Å². The van der Waals surface area contributed by atoms with Gasteiger partial charge in [-0.1, -0.05) is 11.6 Å². The lowest BCUT2D eigenvalue weighted by Gasteiger charge is -2.38. The zero-order valence-corrected chi connectivity index (χ0v) is 20.7. The minimum atomic E-state index is -0.878. The van der Waals surface area contributed by atoms with Gasteiger partial charge < -0.3 is 14.7 Å². The predicted octanol–water partition coefficient (Wildman–Crippen LogP) is 5.01. The number of nitrogens with zero attached hydrogens (tertiary/aromatic N) is 4. The second-order valence-electron chi connectivity index (χ2n) is 9.72. The highest BCUT2D eigenvalue weighted by Gasteiger charge is 2.47. The number of halogens is 4. The van der Waals surface area contributed by atoms with Crippen LogP contribution in [0.3, 0.4) is 0 Å². The fourth-order valence-electron chi connectivity index (χ4n) is 5.49. The van der Waals surface area contributed by atoms with Gasteiger partial charge in [-0.05, 0) is 73.1 Å². The Balaban J connectivity index is 1.53. The summed E-state index contributed by atoms with van der Waals surface area (Å²) in [5, 5.41) is 11.3. The first-order valence-corrected chi connectivity index (χ1v) is 12.4. The van der Waals surface area contributed by atoms with Gasteiger partial charge in [0.25, 0.3) is 0 Å². The lowest BCUT2D eigenvalue weighted by Crippen LogP contribution is -2.46. The van der Waals surface area contributed by atoms with Crippen LogP contribution in [0.2, 0.25) is 5.02 Å². The average Bonchev–Trinajstić information content (AvgIpc) is 3.32. The molecule has 0 aliphatic carbocycles. The number of ether oxygens (including phenoxy) is 1. The van der Waals surface area contributed by atoms with E-state index in [1.165, 1.54) is 0 Å². The molecule has 2 atom stereocenters. The first kappa shape index (κ1) is 23.2. The van der Waals surface area contributed by atoms with Gasteiger partial charge in [-0.25, -0.2) is 8.78 Å². The molecule has 1 aromatic heterocycles. The molecule has 4 heterocycles. The first-order valence-electron chi connectivity index (χ1n) is 11.2. The number of piperidine rings is 1. The number of fused-ring (bicyclic) bond motifs is 2. The number of anilines is 1. The van der Waals surface area contributed by atoms with Crippen molar-refractivity contribution < 1.29 is 18.6 Å². The van der Waals surface area contributed by atoms with E-state index in [2.05, 4.69) is 30.8 Å².